The molecule has 0 aromatic heterocycles. The van der Waals surface area contributed by atoms with Crippen LogP contribution in [0.15, 0.2) is 22.7 Å². The molecule has 0 spiro atoms. The molecule has 0 saturated carbocycles. The first kappa shape index (κ1) is 16.7. The summed E-state index contributed by atoms with van der Waals surface area (Å²) in [5.41, 5.74) is 0.613. The molecule has 0 heterocycles. The molecule has 0 aliphatic rings. The summed E-state index contributed by atoms with van der Waals surface area (Å²) in [5.74, 6) is 0.799. The number of nitrogens with zero attached hydrogens (tertiary/aromatic N) is 1. The smallest absolute Gasteiger partial charge is 0.165 e. The lowest BCUT2D eigenvalue weighted by Gasteiger charge is -2.17. The molecule has 106 valence electrons. The number of benzene rings is 1. The van der Waals surface area contributed by atoms with Crippen molar-refractivity contribution in [1.29, 1.82) is 0 Å². The summed E-state index contributed by atoms with van der Waals surface area (Å²) in [4.78, 5) is 14.3. The Balaban J connectivity index is 2.47. The SMILES string of the molecule is CC(C)CCN(C)CCC(=O)c1ccc(Br)cc1Cl. The van der Waals surface area contributed by atoms with E-state index in [1.165, 1.54) is 0 Å². The van der Waals surface area contributed by atoms with Crippen LogP contribution in [0.25, 0.3) is 0 Å². The van der Waals surface area contributed by atoms with Crippen LogP contribution in [0.2, 0.25) is 5.02 Å². The van der Waals surface area contributed by atoms with E-state index in [2.05, 4.69) is 41.7 Å². The van der Waals surface area contributed by atoms with Gasteiger partial charge in [0.05, 0.1) is 5.02 Å². The summed E-state index contributed by atoms with van der Waals surface area (Å²) in [7, 11) is 2.05. The average Bonchev–Trinajstić information content (AvgIpc) is 2.33. The van der Waals surface area contributed by atoms with Gasteiger partial charge in [-0.05, 0) is 44.1 Å². The topological polar surface area (TPSA) is 20.3 Å². The summed E-state index contributed by atoms with van der Waals surface area (Å²) < 4.78 is 0.892. The zero-order chi connectivity index (χ0) is 14.4. The Morgan fingerprint density at radius 2 is 2.05 bits per heavy atom. The second-order valence-corrected chi connectivity index (χ2v) is 6.61. The van der Waals surface area contributed by atoms with Gasteiger partial charge in [-0.2, -0.15) is 0 Å². The molecule has 1 aromatic carbocycles. The van der Waals surface area contributed by atoms with Gasteiger partial charge in [-0.25, -0.2) is 0 Å². The standard InChI is InChI=1S/C15H21BrClNO/c1-11(2)6-8-18(3)9-7-15(19)13-5-4-12(16)10-14(13)17/h4-5,10-11H,6-9H2,1-3H3. The molecule has 4 heteroatoms. The molecule has 0 aliphatic carbocycles. The molecule has 1 rings (SSSR count). The van der Waals surface area contributed by atoms with E-state index in [-0.39, 0.29) is 5.78 Å². The number of rotatable bonds is 7. The van der Waals surface area contributed by atoms with Crippen LogP contribution in [0.4, 0.5) is 0 Å². The zero-order valence-electron chi connectivity index (χ0n) is 11.7. The molecular formula is C15H21BrClNO. The van der Waals surface area contributed by atoms with Crippen LogP contribution in [0.3, 0.4) is 0 Å². The summed E-state index contributed by atoms with van der Waals surface area (Å²) >= 11 is 9.42. The van der Waals surface area contributed by atoms with Gasteiger partial charge in [0.1, 0.15) is 0 Å². The quantitative estimate of drug-likeness (QED) is 0.670. The minimum Gasteiger partial charge on any atom is -0.306 e. The summed E-state index contributed by atoms with van der Waals surface area (Å²) in [6.45, 7) is 6.22. The molecule has 0 fully saturated rings. The van der Waals surface area contributed by atoms with Crippen LogP contribution in [0.5, 0.6) is 0 Å². The van der Waals surface area contributed by atoms with E-state index < -0.39 is 0 Å². The number of Topliss-reactive ketones (excluding diaryl/α,β-unsaturated/α-hetero) is 1. The Hall–Kier alpha value is -0.380. The van der Waals surface area contributed by atoms with E-state index >= 15 is 0 Å². The first-order chi connectivity index (χ1) is 8.90. The molecule has 0 radical (unpaired) electrons. The van der Waals surface area contributed by atoms with Gasteiger partial charge in [-0.15, -0.1) is 0 Å². The van der Waals surface area contributed by atoms with Gasteiger partial charge in [0, 0.05) is 23.0 Å². The van der Waals surface area contributed by atoms with Crippen molar-refractivity contribution in [3.63, 3.8) is 0 Å². The minimum absolute atomic E-state index is 0.105. The van der Waals surface area contributed by atoms with E-state index in [1.807, 2.05) is 6.07 Å². The van der Waals surface area contributed by atoms with Gasteiger partial charge in [0.25, 0.3) is 0 Å². The predicted octanol–water partition coefficient (Wildman–Crippen LogP) is 4.65. The number of carbonyl (C=O) groups excluding carboxylic acids is 1. The van der Waals surface area contributed by atoms with Crippen molar-refractivity contribution >= 4 is 33.3 Å². The van der Waals surface area contributed by atoms with Crippen LogP contribution in [0.1, 0.15) is 37.0 Å². The van der Waals surface area contributed by atoms with Crippen molar-refractivity contribution < 1.29 is 4.79 Å². The molecule has 0 saturated heterocycles. The fourth-order valence-corrected chi connectivity index (χ4v) is 2.51. The highest BCUT2D eigenvalue weighted by Gasteiger charge is 2.11. The highest BCUT2D eigenvalue weighted by Crippen LogP contribution is 2.22. The molecule has 0 amide bonds. The maximum Gasteiger partial charge on any atom is 0.165 e. The van der Waals surface area contributed by atoms with Gasteiger partial charge in [-0.3, -0.25) is 4.79 Å². The van der Waals surface area contributed by atoms with Gasteiger partial charge in [0.2, 0.25) is 0 Å². The van der Waals surface area contributed by atoms with E-state index in [9.17, 15) is 4.79 Å². The van der Waals surface area contributed by atoms with E-state index in [1.54, 1.807) is 12.1 Å². The largest absolute Gasteiger partial charge is 0.306 e. The number of halogens is 2. The van der Waals surface area contributed by atoms with Crippen LogP contribution in [-0.2, 0) is 0 Å². The lowest BCUT2D eigenvalue weighted by atomic mass is 10.1. The monoisotopic (exact) mass is 345 g/mol. The van der Waals surface area contributed by atoms with E-state index in [0.717, 1.165) is 24.0 Å². The third-order valence-electron chi connectivity index (χ3n) is 3.04. The summed E-state index contributed by atoms with van der Waals surface area (Å²) in [6, 6.07) is 5.39. The van der Waals surface area contributed by atoms with Gasteiger partial charge in [-0.1, -0.05) is 41.4 Å². The molecular weight excluding hydrogens is 326 g/mol. The zero-order valence-corrected chi connectivity index (χ0v) is 14.1. The Bertz CT molecular complexity index is 434. The lowest BCUT2D eigenvalue weighted by molar-refractivity contribution is 0.0968. The normalized spacial score (nSPS) is 11.3. The third-order valence-corrected chi connectivity index (χ3v) is 3.85. The third kappa shape index (κ3) is 6.07. The van der Waals surface area contributed by atoms with Crippen molar-refractivity contribution in [2.75, 3.05) is 20.1 Å². The minimum atomic E-state index is 0.105. The Labute approximate surface area is 129 Å². The number of hydrogen-bond acceptors (Lipinski definition) is 2. The van der Waals surface area contributed by atoms with Crippen molar-refractivity contribution in [1.82, 2.24) is 4.90 Å². The fourth-order valence-electron chi connectivity index (χ4n) is 1.73. The van der Waals surface area contributed by atoms with Crippen molar-refractivity contribution in [3.8, 4) is 0 Å². The molecule has 0 unspecified atom stereocenters. The molecule has 2 nitrogen and oxygen atoms in total. The van der Waals surface area contributed by atoms with Crippen molar-refractivity contribution in [2.45, 2.75) is 26.7 Å². The number of ketones is 1. The van der Waals surface area contributed by atoms with Gasteiger partial charge in [0.15, 0.2) is 5.78 Å². The molecule has 19 heavy (non-hydrogen) atoms. The van der Waals surface area contributed by atoms with Crippen molar-refractivity contribution in [2.24, 2.45) is 5.92 Å². The van der Waals surface area contributed by atoms with Crippen LogP contribution in [0, 0.1) is 5.92 Å². The van der Waals surface area contributed by atoms with Crippen molar-refractivity contribution in [3.05, 3.63) is 33.3 Å². The maximum absolute atomic E-state index is 12.1. The molecule has 1 aromatic rings. The van der Waals surface area contributed by atoms with E-state index in [0.29, 0.717) is 22.9 Å². The fraction of sp³-hybridized carbons (Fsp3) is 0.533. The van der Waals surface area contributed by atoms with Crippen LogP contribution in [-0.4, -0.2) is 30.8 Å². The highest BCUT2D eigenvalue weighted by molar-refractivity contribution is 9.10. The average molecular weight is 347 g/mol. The second-order valence-electron chi connectivity index (χ2n) is 5.28. The van der Waals surface area contributed by atoms with Crippen LogP contribution >= 0.6 is 27.5 Å². The Kier molecular flexibility index (Phi) is 7.05. The first-order valence-corrected chi connectivity index (χ1v) is 7.74. The van der Waals surface area contributed by atoms with Gasteiger partial charge < -0.3 is 4.90 Å². The number of carbonyl (C=O) groups is 1. The first-order valence-electron chi connectivity index (χ1n) is 6.57. The molecule has 0 bridgehead atoms. The lowest BCUT2D eigenvalue weighted by Crippen LogP contribution is -2.24. The molecule has 0 atom stereocenters. The number of hydrogen-bond donors (Lipinski definition) is 0. The van der Waals surface area contributed by atoms with Gasteiger partial charge >= 0.3 is 0 Å². The summed E-state index contributed by atoms with van der Waals surface area (Å²) in [5, 5.41) is 0.518. The Morgan fingerprint density at radius 1 is 1.37 bits per heavy atom. The Morgan fingerprint density at radius 3 is 2.63 bits per heavy atom. The maximum atomic E-state index is 12.1. The summed E-state index contributed by atoms with van der Waals surface area (Å²) in [6.07, 6.45) is 1.67. The second kappa shape index (κ2) is 8.03. The predicted molar refractivity (Wildman–Crippen MR) is 85.1 cm³/mol. The highest BCUT2D eigenvalue weighted by atomic mass is 79.9. The van der Waals surface area contributed by atoms with E-state index in [4.69, 9.17) is 11.6 Å². The van der Waals surface area contributed by atoms with Crippen LogP contribution < -0.4 is 0 Å². The molecule has 0 N–H and O–H groups in total. The molecule has 0 aliphatic heterocycles.